The highest BCUT2D eigenvalue weighted by Crippen LogP contribution is 2.29. The largest absolute Gasteiger partial charge is 0.481 e. The van der Waals surface area contributed by atoms with Crippen LogP contribution in [0.25, 0.3) is 0 Å². The SMILES string of the molecule is NCCc1c(N)cc([N+](=O)[O-])cc1S(=O)(=O)CCC(=O)O. The normalized spacial score (nSPS) is 11.3. The lowest BCUT2D eigenvalue weighted by atomic mass is 10.1. The molecular weight excluding hydrogens is 302 g/mol. The monoisotopic (exact) mass is 317 g/mol. The standard InChI is InChI=1S/C11H15N3O6S/c12-3-1-8-9(13)5-7(14(17)18)6-10(8)21(19,20)4-2-11(15)16/h5-6H,1-4,12-13H2,(H,15,16). The minimum Gasteiger partial charge on any atom is -0.481 e. The van der Waals surface area contributed by atoms with Gasteiger partial charge in [0.1, 0.15) is 0 Å². The van der Waals surface area contributed by atoms with Gasteiger partial charge in [-0.2, -0.15) is 0 Å². The molecule has 5 N–H and O–H groups in total. The molecule has 0 bridgehead atoms. The van der Waals surface area contributed by atoms with Gasteiger partial charge in [-0.25, -0.2) is 8.42 Å². The summed E-state index contributed by atoms with van der Waals surface area (Å²) in [5, 5.41) is 19.4. The summed E-state index contributed by atoms with van der Waals surface area (Å²) in [6, 6.07) is 1.94. The van der Waals surface area contributed by atoms with Gasteiger partial charge in [0.05, 0.1) is 22.0 Å². The number of benzene rings is 1. The molecule has 0 saturated carbocycles. The number of aliphatic carboxylic acids is 1. The molecular formula is C11H15N3O6S. The summed E-state index contributed by atoms with van der Waals surface area (Å²) in [5.74, 6) is -1.95. The van der Waals surface area contributed by atoms with Crippen molar-refractivity contribution in [3.05, 3.63) is 27.8 Å². The summed E-state index contributed by atoms with van der Waals surface area (Å²) in [7, 11) is -4.01. The molecule has 0 amide bonds. The van der Waals surface area contributed by atoms with Gasteiger partial charge in [0.25, 0.3) is 5.69 Å². The van der Waals surface area contributed by atoms with Gasteiger partial charge in [-0.15, -0.1) is 0 Å². The van der Waals surface area contributed by atoms with Crippen LogP contribution in [-0.4, -0.2) is 36.7 Å². The van der Waals surface area contributed by atoms with E-state index in [1.54, 1.807) is 0 Å². The molecule has 0 aliphatic heterocycles. The van der Waals surface area contributed by atoms with Gasteiger partial charge in [-0.1, -0.05) is 0 Å². The minimum absolute atomic E-state index is 0.0523. The molecule has 0 aliphatic carbocycles. The number of nitrogens with two attached hydrogens (primary N) is 2. The fourth-order valence-electron chi connectivity index (χ4n) is 1.78. The number of carbonyl (C=O) groups is 1. The van der Waals surface area contributed by atoms with E-state index in [0.717, 1.165) is 12.1 Å². The molecule has 1 aromatic carbocycles. The van der Waals surface area contributed by atoms with Crippen molar-refractivity contribution in [2.24, 2.45) is 5.73 Å². The summed E-state index contributed by atoms with van der Waals surface area (Å²) in [5.41, 5.74) is 10.7. The molecule has 0 fully saturated rings. The summed E-state index contributed by atoms with van der Waals surface area (Å²) < 4.78 is 24.4. The molecule has 0 radical (unpaired) electrons. The number of carboxylic acids is 1. The van der Waals surface area contributed by atoms with E-state index < -0.39 is 38.6 Å². The molecule has 10 heteroatoms. The van der Waals surface area contributed by atoms with Crippen LogP contribution < -0.4 is 11.5 Å². The Hall–Kier alpha value is -2.20. The number of hydrogen-bond donors (Lipinski definition) is 3. The summed E-state index contributed by atoms with van der Waals surface area (Å²) >= 11 is 0. The average molecular weight is 317 g/mol. The second-order valence-corrected chi connectivity index (χ2v) is 6.35. The summed E-state index contributed by atoms with van der Waals surface area (Å²) in [6.07, 6.45) is -0.488. The Bertz CT molecular complexity index is 671. The van der Waals surface area contributed by atoms with Crippen LogP contribution in [0.3, 0.4) is 0 Å². The topological polar surface area (TPSA) is 167 Å². The zero-order valence-corrected chi connectivity index (χ0v) is 11.8. The molecule has 116 valence electrons. The van der Waals surface area contributed by atoms with Crippen molar-refractivity contribution in [2.45, 2.75) is 17.7 Å². The number of anilines is 1. The van der Waals surface area contributed by atoms with Crippen LogP contribution in [0.4, 0.5) is 11.4 Å². The first-order chi connectivity index (χ1) is 9.69. The summed E-state index contributed by atoms with van der Waals surface area (Å²) in [6.45, 7) is 0.101. The Balaban J connectivity index is 3.42. The maximum atomic E-state index is 12.2. The maximum absolute atomic E-state index is 12.2. The number of nitrogens with zero attached hydrogens (tertiary/aromatic N) is 1. The van der Waals surface area contributed by atoms with Crippen LogP contribution in [0.2, 0.25) is 0 Å². The Labute approximate surface area is 120 Å². The van der Waals surface area contributed by atoms with Crippen molar-refractivity contribution in [1.29, 1.82) is 0 Å². The van der Waals surface area contributed by atoms with E-state index >= 15 is 0 Å². The van der Waals surface area contributed by atoms with Crippen LogP contribution in [0.1, 0.15) is 12.0 Å². The van der Waals surface area contributed by atoms with E-state index in [1.807, 2.05) is 0 Å². The zero-order chi connectivity index (χ0) is 16.2. The van der Waals surface area contributed by atoms with Gasteiger partial charge in [0.15, 0.2) is 9.84 Å². The lowest BCUT2D eigenvalue weighted by molar-refractivity contribution is -0.385. The Kier molecular flexibility index (Phi) is 5.22. The van der Waals surface area contributed by atoms with E-state index in [1.165, 1.54) is 0 Å². The van der Waals surface area contributed by atoms with Gasteiger partial charge >= 0.3 is 5.97 Å². The highest BCUT2D eigenvalue weighted by molar-refractivity contribution is 7.91. The van der Waals surface area contributed by atoms with E-state index in [-0.39, 0.29) is 29.1 Å². The van der Waals surface area contributed by atoms with Crippen molar-refractivity contribution in [1.82, 2.24) is 0 Å². The molecule has 0 aliphatic rings. The minimum atomic E-state index is -4.01. The molecule has 0 aromatic heterocycles. The first-order valence-corrected chi connectivity index (χ1v) is 7.55. The predicted molar refractivity (Wildman–Crippen MR) is 74.6 cm³/mol. The fourth-order valence-corrected chi connectivity index (χ4v) is 3.34. The lowest BCUT2D eigenvalue weighted by Gasteiger charge is -2.12. The lowest BCUT2D eigenvalue weighted by Crippen LogP contribution is -2.16. The molecule has 0 heterocycles. The average Bonchev–Trinajstić information content (AvgIpc) is 2.38. The van der Waals surface area contributed by atoms with E-state index in [4.69, 9.17) is 16.6 Å². The molecule has 0 atom stereocenters. The number of sulfone groups is 1. The second-order valence-electron chi connectivity index (χ2n) is 4.27. The van der Waals surface area contributed by atoms with Crippen molar-refractivity contribution < 1.29 is 23.2 Å². The Morgan fingerprint density at radius 2 is 2.00 bits per heavy atom. The Morgan fingerprint density at radius 3 is 2.48 bits per heavy atom. The quantitative estimate of drug-likeness (QED) is 0.356. The first kappa shape index (κ1) is 16.9. The molecule has 21 heavy (non-hydrogen) atoms. The predicted octanol–water partition coefficient (Wildman–Crippen LogP) is -0.0734. The second kappa shape index (κ2) is 6.50. The van der Waals surface area contributed by atoms with E-state index in [0.29, 0.717) is 0 Å². The third-order valence-corrected chi connectivity index (χ3v) is 4.53. The summed E-state index contributed by atoms with van der Waals surface area (Å²) in [4.78, 5) is 20.2. The molecule has 1 rings (SSSR count). The Morgan fingerprint density at radius 1 is 1.38 bits per heavy atom. The van der Waals surface area contributed by atoms with Crippen molar-refractivity contribution in [3.8, 4) is 0 Å². The molecule has 1 aromatic rings. The number of rotatable bonds is 7. The number of nitro benzene ring substituents is 1. The third-order valence-electron chi connectivity index (χ3n) is 2.75. The van der Waals surface area contributed by atoms with Gasteiger partial charge in [0.2, 0.25) is 0 Å². The first-order valence-electron chi connectivity index (χ1n) is 5.90. The van der Waals surface area contributed by atoms with Crippen molar-refractivity contribution in [3.63, 3.8) is 0 Å². The van der Waals surface area contributed by atoms with E-state index in [2.05, 4.69) is 0 Å². The number of hydrogen-bond acceptors (Lipinski definition) is 7. The highest BCUT2D eigenvalue weighted by atomic mass is 32.2. The fraction of sp³-hybridized carbons (Fsp3) is 0.364. The van der Waals surface area contributed by atoms with E-state index in [9.17, 15) is 23.3 Å². The number of carboxylic acid groups (broad SMARTS) is 1. The third kappa shape index (κ3) is 4.13. The van der Waals surface area contributed by atoms with Gasteiger partial charge in [-0.3, -0.25) is 14.9 Å². The van der Waals surface area contributed by atoms with Gasteiger partial charge < -0.3 is 16.6 Å². The molecule has 0 unspecified atom stereocenters. The van der Waals surface area contributed by atoms with Crippen molar-refractivity contribution >= 4 is 27.2 Å². The van der Waals surface area contributed by atoms with Crippen LogP contribution >= 0.6 is 0 Å². The van der Waals surface area contributed by atoms with Crippen LogP contribution in [0, 0.1) is 10.1 Å². The van der Waals surface area contributed by atoms with Crippen molar-refractivity contribution in [2.75, 3.05) is 18.0 Å². The van der Waals surface area contributed by atoms with Gasteiger partial charge in [0, 0.05) is 17.8 Å². The van der Waals surface area contributed by atoms with Gasteiger partial charge in [-0.05, 0) is 18.5 Å². The highest BCUT2D eigenvalue weighted by Gasteiger charge is 2.25. The molecule has 0 spiro atoms. The number of non-ortho nitro benzene ring substituents is 1. The maximum Gasteiger partial charge on any atom is 0.304 e. The molecule has 9 nitrogen and oxygen atoms in total. The molecule has 0 saturated heterocycles. The van der Waals surface area contributed by atoms with Crippen LogP contribution in [-0.2, 0) is 21.1 Å². The number of nitrogen functional groups attached to an aromatic ring is 1. The smallest absolute Gasteiger partial charge is 0.304 e. The van der Waals surface area contributed by atoms with Crippen LogP contribution in [0.5, 0.6) is 0 Å². The number of nitro groups is 1. The zero-order valence-electron chi connectivity index (χ0n) is 11.0. The van der Waals surface area contributed by atoms with Crippen LogP contribution in [0.15, 0.2) is 17.0 Å².